The normalized spacial score (nSPS) is 11.2. The molecule has 0 aliphatic rings. The maximum Gasteiger partial charge on any atom is 0.251 e. The van der Waals surface area contributed by atoms with Gasteiger partial charge in [0.2, 0.25) is 10.0 Å². The van der Waals surface area contributed by atoms with Crippen molar-refractivity contribution < 1.29 is 17.9 Å². The first-order valence-electron chi connectivity index (χ1n) is 7.27. The molecule has 1 amide bonds. The van der Waals surface area contributed by atoms with Crippen LogP contribution in [0.4, 0.5) is 0 Å². The molecule has 0 saturated heterocycles. The van der Waals surface area contributed by atoms with E-state index < -0.39 is 10.0 Å². The highest BCUT2D eigenvalue weighted by Gasteiger charge is 2.12. The number of sulfonamides is 1. The Morgan fingerprint density at radius 1 is 1.12 bits per heavy atom. The van der Waals surface area contributed by atoms with Crippen molar-refractivity contribution in [2.75, 3.05) is 7.11 Å². The van der Waals surface area contributed by atoms with Crippen LogP contribution in [0.15, 0.2) is 41.3 Å². The fraction of sp³-hybridized carbons (Fsp3) is 0.235. The molecule has 0 bridgehead atoms. The van der Waals surface area contributed by atoms with Gasteiger partial charge in [0.25, 0.3) is 5.91 Å². The van der Waals surface area contributed by atoms with E-state index in [0.29, 0.717) is 5.56 Å². The van der Waals surface area contributed by atoms with E-state index >= 15 is 0 Å². The van der Waals surface area contributed by atoms with Crippen molar-refractivity contribution in [3.8, 4) is 5.75 Å². The van der Waals surface area contributed by atoms with E-state index in [2.05, 4.69) is 5.32 Å². The van der Waals surface area contributed by atoms with Crippen molar-refractivity contribution >= 4 is 15.9 Å². The number of ether oxygens (including phenoxy) is 1. The second-order valence-electron chi connectivity index (χ2n) is 5.51. The topological polar surface area (TPSA) is 98.5 Å². The predicted molar refractivity (Wildman–Crippen MR) is 91.5 cm³/mol. The molecule has 0 saturated carbocycles. The molecule has 0 spiro atoms. The maximum atomic E-state index is 12.3. The number of amides is 1. The third-order valence-corrected chi connectivity index (χ3v) is 4.62. The van der Waals surface area contributed by atoms with Crippen molar-refractivity contribution in [1.29, 1.82) is 0 Å². The molecule has 0 aromatic heterocycles. The van der Waals surface area contributed by atoms with Crippen LogP contribution in [0.3, 0.4) is 0 Å². The van der Waals surface area contributed by atoms with Gasteiger partial charge < -0.3 is 10.1 Å². The van der Waals surface area contributed by atoms with Gasteiger partial charge in [0.1, 0.15) is 5.75 Å². The molecule has 7 heteroatoms. The molecule has 0 heterocycles. The molecule has 6 nitrogen and oxygen atoms in total. The number of benzene rings is 2. The van der Waals surface area contributed by atoms with E-state index in [0.717, 1.165) is 22.4 Å². The van der Waals surface area contributed by atoms with Gasteiger partial charge in [-0.15, -0.1) is 0 Å². The number of nitrogens with two attached hydrogens (primary N) is 1. The Morgan fingerprint density at radius 3 is 2.29 bits per heavy atom. The summed E-state index contributed by atoms with van der Waals surface area (Å²) in [5.41, 5.74) is 3.05. The first-order chi connectivity index (χ1) is 11.2. The van der Waals surface area contributed by atoms with Crippen LogP contribution < -0.4 is 15.2 Å². The fourth-order valence-corrected chi connectivity index (χ4v) is 2.84. The largest absolute Gasteiger partial charge is 0.496 e. The molecule has 0 atom stereocenters. The van der Waals surface area contributed by atoms with Crippen LogP contribution in [0.25, 0.3) is 0 Å². The number of hydrogen-bond donors (Lipinski definition) is 2. The lowest BCUT2D eigenvalue weighted by Gasteiger charge is -2.12. The molecule has 24 heavy (non-hydrogen) atoms. The van der Waals surface area contributed by atoms with Crippen LogP contribution in [0.1, 0.15) is 27.0 Å². The molecule has 0 fully saturated rings. The van der Waals surface area contributed by atoms with Gasteiger partial charge in [-0.2, -0.15) is 0 Å². The number of carbonyl (C=O) groups excluding carboxylic acids is 1. The van der Waals surface area contributed by atoms with Gasteiger partial charge >= 0.3 is 0 Å². The molecule has 2 rings (SSSR count). The summed E-state index contributed by atoms with van der Waals surface area (Å²) in [5.74, 6) is 0.538. The highest BCUT2D eigenvalue weighted by molar-refractivity contribution is 7.89. The van der Waals surface area contributed by atoms with Crippen LogP contribution in [0.2, 0.25) is 0 Å². The van der Waals surface area contributed by atoms with E-state index in [1.54, 1.807) is 25.3 Å². The van der Waals surface area contributed by atoms with E-state index in [1.807, 2.05) is 19.9 Å². The van der Waals surface area contributed by atoms with E-state index in [-0.39, 0.29) is 17.3 Å². The molecular weight excluding hydrogens is 328 g/mol. The number of carbonyl (C=O) groups is 1. The van der Waals surface area contributed by atoms with E-state index in [9.17, 15) is 13.2 Å². The number of primary sulfonamides is 1. The van der Waals surface area contributed by atoms with Gasteiger partial charge in [0, 0.05) is 12.1 Å². The van der Waals surface area contributed by atoms with E-state index in [1.165, 1.54) is 12.1 Å². The number of nitrogens with one attached hydrogen (secondary N) is 1. The zero-order valence-electron chi connectivity index (χ0n) is 13.8. The number of methoxy groups -OCH3 is 1. The molecule has 0 aliphatic carbocycles. The maximum absolute atomic E-state index is 12.3. The zero-order valence-corrected chi connectivity index (χ0v) is 14.6. The molecule has 0 unspecified atom stereocenters. The summed E-state index contributed by atoms with van der Waals surface area (Å²) < 4.78 is 27.7. The number of rotatable bonds is 5. The van der Waals surface area contributed by atoms with Gasteiger partial charge in [-0.3, -0.25) is 4.79 Å². The molecular formula is C17H20N2O4S. The minimum absolute atomic E-state index is 0.0409. The van der Waals surface area contributed by atoms with Crippen LogP contribution in [0.5, 0.6) is 5.75 Å². The Balaban J connectivity index is 2.10. The first-order valence-corrected chi connectivity index (χ1v) is 8.82. The van der Waals surface area contributed by atoms with Crippen LogP contribution in [-0.2, 0) is 16.6 Å². The SMILES string of the molecule is COc1cc(C)c(C(=O)NCc2ccc(S(N)(=O)=O)cc2)cc1C. The third kappa shape index (κ3) is 4.12. The van der Waals surface area contributed by atoms with Gasteiger partial charge in [-0.25, -0.2) is 13.6 Å². The lowest BCUT2D eigenvalue weighted by Crippen LogP contribution is -2.24. The zero-order chi connectivity index (χ0) is 17.9. The lowest BCUT2D eigenvalue weighted by molar-refractivity contribution is 0.0950. The number of hydrogen-bond acceptors (Lipinski definition) is 4. The molecule has 0 aliphatic heterocycles. The predicted octanol–water partition coefficient (Wildman–Crippen LogP) is 1.89. The minimum Gasteiger partial charge on any atom is -0.496 e. The standard InChI is InChI=1S/C17H20N2O4S/c1-11-9-16(23-3)12(2)8-15(11)17(20)19-10-13-4-6-14(7-5-13)24(18,21)22/h4-9H,10H2,1-3H3,(H,19,20)(H2,18,21,22). The van der Waals surface area contributed by atoms with Crippen molar-refractivity contribution in [2.45, 2.75) is 25.3 Å². The Kier molecular flexibility index (Phi) is 5.26. The Labute approximate surface area is 141 Å². The van der Waals surface area contributed by atoms with Crippen LogP contribution in [0, 0.1) is 13.8 Å². The molecule has 2 aromatic rings. The van der Waals surface area contributed by atoms with Crippen molar-refractivity contribution in [3.05, 3.63) is 58.7 Å². The average Bonchev–Trinajstić information content (AvgIpc) is 2.53. The Morgan fingerprint density at radius 2 is 1.75 bits per heavy atom. The molecule has 3 N–H and O–H groups in total. The van der Waals surface area contributed by atoms with Gasteiger partial charge in [-0.1, -0.05) is 12.1 Å². The first kappa shape index (κ1) is 18.0. The van der Waals surface area contributed by atoms with Crippen molar-refractivity contribution in [1.82, 2.24) is 5.32 Å². The van der Waals surface area contributed by atoms with Crippen LogP contribution in [-0.4, -0.2) is 21.4 Å². The summed E-state index contributed by atoms with van der Waals surface area (Å²) in [6.07, 6.45) is 0. The van der Waals surface area contributed by atoms with Crippen molar-refractivity contribution in [2.24, 2.45) is 5.14 Å². The minimum atomic E-state index is -3.71. The van der Waals surface area contributed by atoms with Gasteiger partial charge in [0.15, 0.2) is 0 Å². The summed E-state index contributed by atoms with van der Waals surface area (Å²) in [7, 11) is -2.12. The van der Waals surface area contributed by atoms with Gasteiger partial charge in [-0.05, 0) is 54.8 Å². The quantitative estimate of drug-likeness (QED) is 0.862. The van der Waals surface area contributed by atoms with E-state index in [4.69, 9.17) is 9.88 Å². The second-order valence-corrected chi connectivity index (χ2v) is 7.07. The summed E-state index contributed by atoms with van der Waals surface area (Å²) >= 11 is 0. The summed E-state index contributed by atoms with van der Waals surface area (Å²) in [4.78, 5) is 12.4. The molecule has 2 aromatic carbocycles. The third-order valence-electron chi connectivity index (χ3n) is 3.69. The second kappa shape index (κ2) is 7.02. The Hall–Kier alpha value is -2.38. The highest BCUT2D eigenvalue weighted by atomic mass is 32.2. The smallest absolute Gasteiger partial charge is 0.251 e. The number of aryl methyl sites for hydroxylation is 2. The molecule has 128 valence electrons. The summed E-state index contributed by atoms with van der Waals surface area (Å²) in [5, 5.41) is 7.87. The average molecular weight is 348 g/mol. The fourth-order valence-electron chi connectivity index (χ4n) is 2.33. The Bertz CT molecular complexity index is 859. The monoisotopic (exact) mass is 348 g/mol. The van der Waals surface area contributed by atoms with Crippen LogP contribution >= 0.6 is 0 Å². The van der Waals surface area contributed by atoms with Crippen molar-refractivity contribution in [3.63, 3.8) is 0 Å². The summed E-state index contributed by atoms with van der Waals surface area (Å²) in [6.45, 7) is 4.01. The highest BCUT2D eigenvalue weighted by Crippen LogP contribution is 2.22. The summed E-state index contributed by atoms with van der Waals surface area (Å²) in [6, 6.07) is 9.68. The molecule has 0 radical (unpaired) electrons. The van der Waals surface area contributed by atoms with Gasteiger partial charge in [0.05, 0.1) is 12.0 Å². The lowest BCUT2D eigenvalue weighted by atomic mass is 10.0.